The van der Waals surface area contributed by atoms with Crippen LogP contribution in [0.3, 0.4) is 0 Å². The van der Waals surface area contributed by atoms with Crippen LogP contribution in [-0.4, -0.2) is 11.8 Å². The third kappa shape index (κ3) is 2.83. The van der Waals surface area contributed by atoms with Crippen molar-refractivity contribution in [2.45, 2.75) is 19.8 Å². The van der Waals surface area contributed by atoms with Gasteiger partial charge in [-0.05, 0) is 43.5 Å². The number of rotatable bonds is 3. The highest BCUT2D eigenvalue weighted by Gasteiger charge is 2.32. The summed E-state index contributed by atoms with van der Waals surface area (Å²) in [4.78, 5) is 24.2. The monoisotopic (exact) mass is 320 g/mol. The highest BCUT2D eigenvalue weighted by Crippen LogP contribution is 2.36. The molecule has 4 heteroatoms. The number of fused-ring (bicyclic) bond motifs is 1. The summed E-state index contributed by atoms with van der Waals surface area (Å²) in [5.74, 6) is 0.774. The van der Waals surface area contributed by atoms with E-state index < -0.39 is 0 Å². The van der Waals surface area contributed by atoms with Gasteiger partial charge < -0.3 is 9.47 Å². The van der Waals surface area contributed by atoms with E-state index >= 15 is 0 Å². The summed E-state index contributed by atoms with van der Waals surface area (Å²) in [7, 11) is 0. The lowest BCUT2D eigenvalue weighted by Crippen LogP contribution is -2.09. The van der Waals surface area contributed by atoms with Crippen LogP contribution in [0.15, 0.2) is 48.2 Å². The molecule has 0 amide bonds. The van der Waals surface area contributed by atoms with Crippen molar-refractivity contribution >= 4 is 17.8 Å². The van der Waals surface area contributed by atoms with Crippen molar-refractivity contribution in [3.8, 4) is 11.5 Å². The Morgan fingerprint density at radius 2 is 2.04 bits per heavy atom. The molecule has 1 heterocycles. The Bertz CT molecular complexity index is 875. The molecule has 0 N–H and O–H groups in total. The molecule has 0 saturated heterocycles. The fourth-order valence-corrected chi connectivity index (χ4v) is 2.66. The van der Waals surface area contributed by atoms with E-state index in [0.29, 0.717) is 17.1 Å². The van der Waals surface area contributed by atoms with E-state index in [0.717, 1.165) is 24.0 Å². The maximum Gasteiger partial charge on any atom is 0.314 e. The van der Waals surface area contributed by atoms with Gasteiger partial charge in [0.1, 0.15) is 11.5 Å². The molecule has 1 aliphatic carbocycles. The van der Waals surface area contributed by atoms with Crippen LogP contribution in [0.2, 0.25) is 0 Å². The number of carbonyl (C=O) groups excluding carboxylic acids is 2. The number of allylic oxidation sites excluding steroid dienone is 1. The van der Waals surface area contributed by atoms with Gasteiger partial charge in [0.15, 0.2) is 5.76 Å². The average Bonchev–Trinajstić information content (AvgIpc) is 3.35. The van der Waals surface area contributed by atoms with Crippen molar-refractivity contribution in [2.75, 3.05) is 0 Å². The second-order valence-electron chi connectivity index (χ2n) is 6.21. The SMILES string of the molecule is Cc1cccc(/C=C2\Oc3cc(OC(=O)C4CC4)ccc3C2=O)c1. The van der Waals surface area contributed by atoms with Gasteiger partial charge in [0.2, 0.25) is 5.78 Å². The lowest BCUT2D eigenvalue weighted by Gasteiger charge is -2.04. The van der Waals surface area contributed by atoms with E-state index in [1.807, 2.05) is 31.2 Å². The van der Waals surface area contributed by atoms with Gasteiger partial charge in [-0.3, -0.25) is 9.59 Å². The summed E-state index contributed by atoms with van der Waals surface area (Å²) in [6, 6.07) is 12.7. The molecule has 1 fully saturated rings. The van der Waals surface area contributed by atoms with Gasteiger partial charge in [0.05, 0.1) is 11.5 Å². The van der Waals surface area contributed by atoms with Crippen molar-refractivity contribution in [2.24, 2.45) is 5.92 Å². The number of hydrogen-bond donors (Lipinski definition) is 0. The van der Waals surface area contributed by atoms with Crippen LogP contribution < -0.4 is 9.47 Å². The first-order valence-corrected chi connectivity index (χ1v) is 7.97. The highest BCUT2D eigenvalue weighted by molar-refractivity contribution is 6.14. The van der Waals surface area contributed by atoms with Crippen molar-refractivity contribution < 1.29 is 19.1 Å². The second-order valence-corrected chi connectivity index (χ2v) is 6.21. The molecule has 24 heavy (non-hydrogen) atoms. The number of ether oxygens (including phenoxy) is 2. The first-order chi connectivity index (χ1) is 11.6. The van der Waals surface area contributed by atoms with Crippen LogP contribution in [0.4, 0.5) is 0 Å². The largest absolute Gasteiger partial charge is 0.452 e. The molecule has 0 atom stereocenters. The molecule has 0 spiro atoms. The van der Waals surface area contributed by atoms with Gasteiger partial charge >= 0.3 is 5.97 Å². The maximum atomic E-state index is 12.4. The first kappa shape index (κ1) is 14.7. The van der Waals surface area contributed by atoms with Crippen LogP contribution in [-0.2, 0) is 4.79 Å². The molecular formula is C20H16O4. The summed E-state index contributed by atoms with van der Waals surface area (Å²) in [5.41, 5.74) is 2.51. The van der Waals surface area contributed by atoms with Gasteiger partial charge in [0.25, 0.3) is 0 Å². The van der Waals surface area contributed by atoms with E-state index in [4.69, 9.17) is 9.47 Å². The quantitative estimate of drug-likeness (QED) is 0.488. The Morgan fingerprint density at radius 3 is 2.79 bits per heavy atom. The minimum absolute atomic E-state index is 0.0255. The molecule has 1 saturated carbocycles. The normalized spacial score (nSPS) is 17.5. The fraction of sp³-hybridized carbons (Fsp3) is 0.200. The summed E-state index contributed by atoms with van der Waals surface area (Å²) in [6.45, 7) is 1.99. The van der Waals surface area contributed by atoms with E-state index in [9.17, 15) is 9.59 Å². The zero-order valence-corrected chi connectivity index (χ0v) is 13.2. The molecule has 2 aliphatic rings. The topological polar surface area (TPSA) is 52.6 Å². The zero-order chi connectivity index (χ0) is 16.7. The molecule has 0 bridgehead atoms. The molecule has 4 nitrogen and oxygen atoms in total. The Hall–Kier alpha value is -2.88. The number of hydrogen-bond acceptors (Lipinski definition) is 4. The molecule has 4 rings (SSSR count). The minimum Gasteiger partial charge on any atom is -0.452 e. The van der Waals surface area contributed by atoms with Crippen molar-refractivity contribution in [3.63, 3.8) is 0 Å². The highest BCUT2D eigenvalue weighted by atomic mass is 16.5. The zero-order valence-electron chi connectivity index (χ0n) is 13.2. The second kappa shape index (κ2) is 5.64. The maximum absolute atomic E-state index is 12.4. The molecule has 120 valence electrons. The van der Waals surface area contributed by atoms with Gasteiger partial charge in [-0.25, -0.2) is 0 Å². The predicted molar refractivity (Wildman–Crippen MR) is 88.9 cm³/mol. The van der Waals surface area contributed by atoms with Gasteiger partial charge in [-0.1, -0.05) is 29.8 Å². The minimum atomic E-state index is -0.213. The number of Topliss-reactive ketones (excluding diaryl/α,β-unsaturated/α-hetero) is 1. The number of ketones is 1. The Balaban J connectivity index is 1.58. The Kier molecular flexibility index (Phi) is 3.45. The van der Waals surface area contributed by atoms with Crippen LogP contribution in [0, 0.1) is 12.8 Å². The molecule has 1 aliphatic heterocycles. The van der Waals surface area contributed by atoms with E-state index in [-0.39, 0.29) is 23.4 Å². The summed E-state index contributed by atoms with van der Waals surface area (Å²) >= 11 is 0. The molecule has 0 unspecified atom stereocenters. The third-order valence-electron chi connectivity index (χ3n) is 4.11. The van der Waals surface area contributed by atoms with Crippen molar-refractivity contribution in [3.05, 3.63) is 64.9 Å². The fourth-order valence-electron chi connectivity index (χ4n) is 2.66. The lowest BCUT2D eigenvalue weighted by molar-refractivity contribution is -0.135. The van der Waals surface area contributed by atoms with Crippen molar-refractivity contribution in [1.82, 2.24) is 0 Å². The molecule has 2 aromatic rings. The summed E-state index contributed by atoms with van der Waals surface area (Å²) < 4.78 is 11.0. The number of benzene rings is 2. The van der Waals surface area contributed by atoms with Crippen LogP contribution in [0.1, 0.15) is 34.3 Å². The standard InChI is InChI=1S/C20H16O4/c1-12-3-2-4-13(9-12)10-18-19(21)16-8-7-15(11-17(16)24-18)23-20(22)14-5-6-14/h2-4,7-11,14H,5-6H2,1H3/b18-10-. The molecule has 0 radical (unpaired) electrons. The van der Waals surface area contributed by atoms with Crippen LogP contribution >= 0.6 is 0 Å². The number of carbonyl (C=O) groups is 2. The smallest absolute Gasteiger partial charge is 0.314 e. The van der Waals surface area contributed by atoms with Crippen molar-refractivity contribution in [1.29, 1.82) is 0 Å². The van der Waals surface area contributed by atoms with E-state index in [1.165, 1.54) is 0 Å². The molecule has 2 aromatic carbocycles. The average molecular weight is 320 g/mol. The molecular weight excluding hydrogens is 304 g/mol. The van der Waals surface area contributed by atoms with Gasteiger partial charge in [-0.15, -0.1) is 0 Å². The summed E-state index contributed by atoms with van der Waals surface area (Å²) in [5, 5.41) is 0. The Labute approximate surface area is 139 Å². The van der Waals surface area contributed by atoms with Gasteiger partial charge in [-0.2, -0.15) is 0 Å². The van der Waals surface area contributed by atoms with E-state index in [2.05, 4.69) is 0 Å². The Morgan fingerprint density at radius 1 is 1.21 bits per heavy atom. The van der Waals surface area contributed by atoms with E-state index in [1.54, 1.807) is 24.3 Å². The predicted octanol–water partition coefficient (Wildman–Crippen LogP) is 3.93. The number of aryl methyl sites for hydroxylation is 1. The van der Waals surface area contributed by atoms with Crippen LogP contribution in [0.5, 0.6) is 11.5 Å². The lowest BCUT2D eigenvalue weighted by atomic mass is 10.1. The first-order valence-electron chi connectivity index (χ1n) is 7.97. The number of esters is 1. The van der Waals surface area contributed by atoms with Gasteiger partial charge in [0, 0.05) is 6.07 Å². The van der Waals surface area contributed by atoms with Crippen LogP contribution in [0.25, 0.3) is 6.08 Å². The summed E-state index contributed by atoms with van der Waals surface area (Å²) in [6.07, 6.45) is 3.51. The molecule has 0 aromatic heterocycles. The third-order valence-corrected chi connectivity index (χ3v) is 4.11.